The summed E-state index contributed by atoms with van der Waals surface area (Å²) in [5.41, 5.74) is 1.02. The number of nitrogens with zero attached hydrogens (tertiary/aromatic N) is 2. The molecule has 0 fully saturated rings. The van der Waals surface area contributed by atoms with E-state index < -0.39 is 16.2 Å². The summed E-state index contributed by atoms with van der Waals surface area (Å²) in [6.07, 6.45) is 2.54. The van der Waals surface area contributed by atoms with E-state index in [1.54, 1.807) is 0 Å². The Hall–Kier alpha value is -0.920. The Morgan fingerprint density at radius 1 is 1.59 bits per heavy atom. The second-order valence-corrected chi connectivity index (χ2v) is 6.18. The third kappa shape index (κ3) is 3.79. The van der Waals surface area contributed by atoms with Crippen molar-refractivity contribution in [3.05, 3.63) is 11.6 Å². The minimum absolute atomic E-state index is 0.00305. The van der Waals surface area contributed by atoms with Gasteiger partial charge in [-0.05, 0) is 13.3 Å². The average molecular weight is 262 g/mol. The molecule has 7 heteroatoms. The van der Waals surface area contributed by atoms with Crippen LogP contribution in [0.5, 0.6) is 0 Å². The van der Waals surface area contributed by atoms with Crippen LogP contribution in [0.15, 0.2) is 11.6 Å². The Balaban J connectivity index is 2.67. The van der Waals surface area contributed by atoms with Crippen LogP contribution in [0.4, 0.5) is 0 Å². The molecule has 0 radical (unpaired) electrons. The van der Waals surface area contributed by atoms with Gasteiger partial charge in [-0.2, -0.15) is 17.0 Å². The predicted molar refractivity (Wildman–Crippen MR) is 63.7 cm³/mol. The molecule has 0 aliphatic carbocycles. The summed E-state index contributed by atoms with van der Waals surface area (Å²) in [6.45, 7) is 2.73. The minimum atomic E-state index is -3.53. The van der Waals surface area contributed by atoms with Gasteiger partial charge in [0.2, 0.25) is 0 Å². The highest BCUT2D eigenvalue weighted by atomic mass is 32.2. The highest BCUT2D eigenvalue weighted by Crippen LogP contribution is 2.15. The Morgan fingerprint density at radius 2 is 2.24 bits per heavy atom. The Labute approximate surface area is 102 Å². The Bertz CT molecular complexity index is 416. The van der Waals surface area contributed by atoms with Crippen LogP contribution >= 0.6 is 0 Å². The third-order valence-electron chi connectivity index (χ3n) is 2.66. The maximum Gasteiger partial charge on any atom is 0.304 e. The summed E-state index contributed by atoms with van der Waals surface area (Å²) >= 11 is 0. The maximum absolute atomic E-state index is 12.1. The van der Waals surface area contributed by atoms with Crippen LogP contribution in [0.25, 0.3) is 0 Å². The van der Waals surface area contributed by atoms with E-state index in [0.29, 0.717) is 19.5 Å². The van der Waals surface area contributed by atoms with Gasteiger partial charge in [0.05, 0.1) is 6.42 Å². The van der Waals surface area contributed by atoms with Crippen molar-refractivity contribution in [2.45, 2.75) is 19.8 Å². The van der Waals surface area contributed by atoms with E-state index in [-0.39, 0.29) is 13.0 Å². The normalized spacial score (nSPS) is 18.2. The fourth-order valence-electron chi connectivity index (χ4n) is 1.64. The highest BCUT2D eigenvalue weighted by molar-refractivity contribution is 7.86. The molecule has 1 N–H and O–H groups in total. The molecule has 0 aromatic carbocycles. The van der Waals surface area contributed by atoms with Crippen molar-refractivity contribution in [2.75, 3.05) is 26.7 Å². The SMILES string of the molecule is CC1=CCCN(S(=O)(=O)N(C)CCC(=O)O)C1. The molecule has 0 atom stereocenters. The van der Waals surface area contributed by atoms with Gasteiger partial charge in [0, 0.05) is 26.7 Å². The van der Waals surface area contributed by atoms with Gasteiger partial charge in [-0.3, -0.25) is 4.79 Å². The van der Waals surface area contributed by atoms with E-state index in [1.807, 2.05) is 13.0 Å². The molecule has 0 aromatic heterocycles. The minimum Gasteiger partial charge on any atom is -0.481 e. The molecule has 1 aliphatic rings. The summed E-state index contributed by atoms with van der Waals surface area (Å²) in [5, 5.41) is 8.54. The summed E-state index contributed by atoms with van der Waals surface area (Å²) in [6, 6.07) is 0. The first-order valence-electron chi connectivity index (χ1n) is 5.43. The van der Waals surface area contributed by atoms with Crippen molar-refractivity contribution in [1.82, 2.24) is 8.61 Å². The second-order valence-electron chi connectivity index (χ2n) is 4.15. The lowest BCUT2D eigenvalue weighted by atomic mass is 10.2. The van der Waals surface area contributed by atoms with E-state index in [1.165, 1.54) is 11.4 Å². The molecule has 0 spiro atoms. The van der Waals surface area contributed by atoms with Gasteiger partial charge in [-0.25, -0.2) is 0 Å². The van der Waals surface area contributed by atoms with Crippen molar-refractivity contribution in [3.63, 3.8) is 0 Å². The summed E-state index contributed by atoms with van der Waals surface area (Å²) in [4.78, 5) is 10.4. The zero-order chi connectivity index (χ0) is 13.1. The van der Waals surface area contributed by atoms with Crippen LogP contribution in [-0.4, -0.2) is 54.8 Å². The number of carbonyl (C=O) groups is 1. The number of carboxylic acids is 1. The molecule has 1 aliphatic heterocycles. The van der Waals surface area contributed by atoms with E-state index >= 15 is 0 Å². The molecule has 98 valence electrons. The van der Waals surface area contributed by atoms with Crippen LogP contribution in [0.1, 0.15) is 19.8 Å². The molecule has 0 saturated carbocycles. The van der Waals surface area contributed by atoms with Crippen molar-refractivity contribution in [2.24, 2.45) is 0 Å². The number of hydrogen-bond acceptors (Lipinski definition) is 3. The third-order valence-corrected chi connectivity index (χ3v) is 4.59. The molecule has 1 heterocycles. The van der Waals surface area contributed by atoms with E-state index in [9.17, 15) is 13.2 Å². The zero-order valence-corrected chi connectivity index (χ0v) is 10.9. The lowest BCUT2D eigenvalue weighted by Gasteiger charge is -2.29. The van der Waals surface area contributed by atoms with Crippen LogP contribution in [-0.2, 0) is 15.0 Å². The molecule has 6 nitrogen and oxygen atoms in total. The fraction of sp³-hybridized carbons (Fsp3) is 0.700. The topological polar surface area (TPSA) is 77.9 Å². The largest absolute Gasteiger partial charge is 0.481 e. The van der Waals surface area contributed by atoms with Gasteiger partial charge in [-0.1, -0.05) is 11.6 Å². The van der Waals surface area contributed by atoms with Crippen LogP contribution in [0, 0.1) is 0 Å². The molecule has 1 rings (SSSR count). The lowest BCUT2D eigenvalue weighted by Crippen LogP contribution is -2.44. The predicted octanol–water partition coefficient (Wildman–Crippen LogP) is 0.290. The van der Waals surface area contributed by atoms with Crippen molar-refractivity contribution in [1.29, 1.82) is 0 Å². The average Bonchev–Trinajstić information content (AvgIpc) is 2.25. The van der Waals surface area contributed by atoms with Crippen molar-refractivity contribution in [3.8, 4) is 0 Å². The monoisotopic (exact) mass is 262 g/mol. The van der Waals surface area contributed by atoms with Gasteiger partial charge < -0.3 is 5.11 Å². The molecule has 0 amide bonds. The number of carboxylic acid groups (broad SMARTS) is 1. The highest BCUT2D eigenvalue weighted by Gasteiger charge is 2.28. The number of aliphatic carboxylic acids is 1. The Morgan fingerprint density at radius 3 is 2.76 bits per heavy atom. The van der Waals surface area contributed by atoms with Crippen molar-refractivity contribution >= 4 is 16.2 Å². The first-order valence-corrected chi connectivity index (χ1v) is 6.82. The van der Waals surface area contributed by atoms with Gasteiger partial charge in [0.15, 0.2) is 0 Å². The van der Waals surface area contributed by atoms with Gasteiger partial charge in [0.25, 0.3) is 10.2 Å². The zero-order valence-electron chi connectivity index (χ0n) is 10.1. The number of rotatable bonds is 5. The van der Waals surface area contributed by atoms with E-state index in [4.69, 9.17) is 5.11 Å². The summed E-state index contributed by atoms with van der Waals surface area (Å²) in [7, 11) is -2.12. The Kier molecular flexibility index (Phi) is 4.67. The van der Waals surface area contributed by atoms with Crippen LogP contribution in [0.3, 0.4) is 0 Å². The first-order chi connectivity index (χ1) is 7.84. The maximum atomic E-state index is 12.1. The fourth-order valence-corrected chi connectivity index (χ4v) is 3.06. The van der Waals surface area contributed by atoms with Gasteiger partial charge >= 0.3 is 5.97 Å². The molecular weight excluding hydrogens is 244 g/mol. The van der Waals surface area contributed by atoms with Crippen LogP contribution in [0.2, 0.25) is 0 Å². The quantitative estimate of drug-likeness (QED) is 0.722. The van der Waals surface area contributed by atoms with Gasteiger partial charge in [0.1, 0.15) is 0 Å². The molecule has 0 unspecified atom stereocenters. The van der Waals surface area contributed by atoms with Crippen LogP contribution < -0.4 is 0 Å². The molecule has 0 saturated heterocycles. The summed E-state index contributed by atoms with van der Waals surface area (Å²) in [5.74, 6) is -0.998. The standard InChI is InChI=1S/C10H18N2O4S/c1-9-4-3-6-12(8-9)17(15,16)11(2)7-5-10(13)14/h4H,3,5-8H2,1-2H3,(H,13,14). The molecule has 17 heavy (non-hydrogen) atoms. The lowest BCUT2D eigenvalue weighted by molar-refractivity contribution is -0.137. The molecule has 0 bridgehead atoms. The van der Waals surface area contributed by atoms with Crippen molar-refractivity contribution < 1.29 is 18.3 Å². The molecular formula is C10H18N2O4S. The van der Waals surface area contributed by atoms with E-state index in [0.717, 1.165) is 9.88 Å². The second kappa shape index (κ2) is 5.61. The molecule has 0 aromatic rings. The first kappa shape index (κ1) is 14.1. The summed E-state index contributed by atoms with van der Waals surface area (Å²) < 4.78 is 26.6. The van der Waals surface area contributed by atoms with E-state index in [2.05, 4.69) is 0 Å². The number of hydrogen-bond donors (Lipinski definition) is 1. The van der Waals surface area contributed by atoms with Gasteiger partial charge in [-0.15, -0.1) is 0 Å². The smallest absolute Gasteiger partial charge is 0.304 e.